The highest BCUT2D eigenvalue weighted by Gasteiger charge is 2.10. The Bertz CT molecular complexity index is 61.4. The van der Waals surface area contributed by atoms with E-state index in [1.54, 1.807) is 0 Å². The van der Waals surface area contributed by atoms with Gasteiger partial charge in [0.15, 0.2) is 0 Å². The Morgan fingerprint density at radius 3 is 2.75 bits per heavy atom. The first-order valence-electron chi connectivity index (χ1n) is 2.85. The molecule has 1 heterocycles. The van der Waals surface area contributed by atoms with Crippen molar-refractivity contribution in [3.63, 3.8) is 0 Å². The third kappa shape index (κ3) is 1.88. The average molecular weight is 149 g/mol. The lowest BCUT2D eigenvalue weighted by Gasteiger charge is -2.19. The van der Waals surface area contributed by atoms with Crippen molar-refractivity contribution in [1.29, 1.82) is 0 Å². The Kier molecular flexibility index (Phi) is 3.08. The van der Waals surface area contributed by atoms with Crippen molar-refractivity contribution < 1.29 is 0 Å². The Hall–Kier alpha value is 0.660. The fourth-order valence-electron chi connectivity index (χ4n) is 0.691. The van der Waals surface area contributed by atoms with Crippen LogP contribution in [0.25, 0.3) is 0 Å². The molecule has 0 aromatic carbocycles. The lowest BCUT2D eigenvalue weighted by molar-refractivity contribution is 0.605. The number of nitrogens with one attached hydrogen (secondary N) is 1. The summed E-state index contributed by atoms with van der Waals surface area (Å²) < 4.78 is 0. The van der Waals surface area contributed by atoms with Crippen molar-refractivity contribution in [1.82, 2.24) is 5.32 Å². The molecule has 3 heteroatoms. The summed E-state index contributed by atoms with van der Waals surface area (Å²) >= 11 is 0. The van der Waals surface area contributed by atoms with Crippen LogP contribution in [0.3, 0.4) is 0 Å². The molecule has 1 atom stereocenters. The molecule has 1 saturated heterocycles. The van der Waals surface area contributed by atoms with Crippen LogP contribution < -0.4 is 5.32 Å². The second-order valence-electron chi connectivity index (χ2n) is 1.88. The summed E-state index contributed by atoms with van der Waals surface area (Å²) in [6.07, 6.45) is 1.34. The Morgan fingerprint density at radius 1 is 1.50 bits per heavy atom. The third-order valence-corrected chi connectivity index (χ3v) is 3.83. The minimum Gasteiger partial charge on any atom is -0.316 e. The minimum atomic E-state index is 0.779. The van der Waals surface area contributed by atoms with Crippen molar-refractivity contribution >= 4 is 21.6 Å². The van der Waals surface area contributed by atoms with Gasteiger partial charge < -0.3 is 5.32 Å². The van der Waals surface area contributed by atoms with E-state index >= 15 is 0 Å². The molecule has 1 aliphatic rings. The van der Waals surface area contributed by atoms with E-state index in [0.29, 0.717) is 0 Å². The van der Waals surface area contributed by atoms with Gasteiger partial charge in [0.1, 0.15) is 0 Å². The molecule has 0 aliphatic carbocycles. The zero-order chi connectivity index (χ0) is 5.82. The third-order valence-electron chi connectivity index (χ3n) is 1.31. The molecule has 1 unspecified atom stereocenters. The maximum atomic E-state index is 3.27. The van der Waals surface area contributed by atoms with Gasteiger partial charge in [-0.1, -0.05) is 21.6 Å². The van der Waals surface area contributed by atoms with Crippen molar-refractivity contribution in [3.8, 4) is 0 Å². The van der Waals surface area contributed by atoms with Crippen molar-refractivity contribution in [3.05, 3.63) is 0 Å². The van der Waals surface area contributed by atoms with Crippen LogP contribution in [-0.2, 0) is 0 Å². The fraction of sp³-hybridized carbons (Fsp3) is 1.00. The standard InChI is InChI=1S/C5H11NS2/c1-6-5-2-3-7-8-4-5/h5-6H,2-4H2,1H3. The molecule has 0 spiro atoms. The lowest BCUT2D eigenvalue weighted by Crippen LogP contribution is -2.29. The molecule has 8 heavy (non-hydrogen) atoms. The molecule has 0 saturated carbocycles. The predicted octanol–water partition coefficient (Wildman–Crippen LogP) is 1.36. The monoisotopic (exact) mass is 149 g/mol. The van der Waals surface area contributed by atoms with E-state index in [0.717, 1.165) is 6.04 Å². The zero-order valence-electron chi connectivity index (χ0n) is 5.02. The molecule has 1 aliphatic heterocycles. The van der Waals surface area contributed by atoms with Crippen LogP contribution >= 0.6 is 21.6 Å². The van der Waals surface area contributed by atoms with Gasteiger partial charge in [-0.25, -0.2) is 0 Å². The highest BCUT2D eigenvalue weighted by Crippen LogP contribution is 2.28. The topological polar surface area (TPSA) is 12.0 Å². The van der Waals surface area contributed by atoms with Gasteiger partial charge in [0, 0.05) is 17.5 Å². The molecule has 1 nitrogen and oxygen atoms in total. The van der Waals surface area contributed by atoms with Crippen LogP contribution in [0, 0.1) is 0 Å². The molecule has 1 rings (SSSR count). The molecule has 48 valence electrons. The predicted molar refractivity (Wildman–Crippen MR) is 42.4 cm³/mol. The summed E-state index contributed by atoms with van der Waals surface area (Å²) in [5.74, 6) is 2.59. The van der Waals surface area contributed by atoms with Crippen molar-refractivity contribution in [2.45, 2.75) is 12.5 Å². The van der Waals surface area contributed by atoms with Crippen molar-refractivity contribution in [2.75, 3.05) is 18.6 Å². The highest BCUT2D eigenvalue weighted by atomic mass is 33.1. The van der Waals surface area contributed by atoms with Gasteiger partial charge in [-0.05, 0) is 13.5 Å². The smallest absolute Gasteiger partial charge is 0.0191 e. The van der Waals surface area contributed by atoms with Gasteiger partial charge in [0.05, 0.1) is 0 Å². The average Bonchev–Trinajstić information content (AvgIpc) is 1.90. The largest absolute Gasteiger partial charge is 0.316 e. The molecule has 0 bridgehead atoms. The Morgan fingerprint density at radius 2 is 2.38 bits per heavy atom. The maximum Gasteiger partial charge on any atom is 0.0191 e. The summed E-state index contributed by atoms with van der Waals surface area (Å²) in [7, 11) is 6.02. The molecule has 0 radical (unpaired) electrons. The number of hydrogen-bond donors (Lipinski definition) is 1. The van der Waals surface area contributed by atoms with E-state index in [2.05, 4.69) is 5.32 Å². The summed E-state index contributed by atoms with van der Waals surface area (Å²) in [5, 5.41) is 3.27. The SMILES string of the molecule is CNC1CCSSC1. The highest BCUT2D eigenvalue weighted by molar-refractivity contribution is 8.76. The zero-order valence-corrected chi connectivity index (χ0v) is 6.65. The molecular formula is C5H11NS2. The second kappa shape index (κ2) is 3.64. The fourth-order valence-corrected chi connectivity index (χ4v) is 3.21. The van der Waals surface area contributed by atoms with Gasteiger partial charge in [-0.3, -0.25) is 0 Å². The first-order valence-corrected chi connectivity index (χ1v) is 5.34. The minimum absolute atomic E-state index is 0.779. The van der Waals surface area contributed by atoms with Gasteiger partial charge in [-0.2, -0.15) is 0 Å². The molecule has 1 fully saturated rings. The van der Waals surface area contributed by atoms with Gasteiger partial charge in [0.25, 0.3) is 0 Å². The molecular weight excluding hydrogens is 138 g/mol. The van der Waals surface area contributed by atoms with E-state index in [-0.39, 0.29) is 0 Å². The maximum absolute atomic E-state index is 3.27. The molecule has 0 aromatic rings. The summed E-state index contributed by atoms with van der Waals surface area (Å²) in [5.41, 5.74) is 0. The Labute approximate surface area is 58.4 Å². The molecule has 0 amide bonds. The van der Waals surface area contributed by atoms with E-state index in [1.165, 1.54) is 17.9 Å². The first kappa shape index (κ1) is 6.78. The van der Waals surface area contributed by atoms with Crippen molar-refractivity contribution in [2.24, 2.45) is 0 Å². The lowest BCUT2D eigenvalue weighted by atomic mass is 10.3. The molecule has 1 N–H and O–H groups in total. The van der Waals surface area contributed by atoms with Crippen LogP contribution in [-0.4, -0.2) is 24.6 Å². The van der Waals surface area contributed by atoms with Gasteiger partial charge in [-0.15, -0.1) is 0 Å². The van der Waals surface area contributed by atoms with E-state index in [1.807, 2.05) is 28.6 Å². The van der Waals surface area contributed by atoms with E-state index in [4.69, 9.17) is 0 Å². The quantitative estimate of drug-likeness (QED) is 0.565. The Balaban J connectivity index is 2.13. The van der Waals surface area contributed by atoms with Gasteiger partial charge in [0.2, 0.25) is 0 Å². The van der Waals surface area contributed by atoms with E-state index in [9.17, 15) is 0 Å². The van der Waals surface area contributed by atoms with E-state index < -0.39 is 0 Å². The van der Waals surface area contributed by atoms with Crippen LogP contribution in [0.4, 0.5) is 0 Å². The van der Waals surface area contributed by atoms with Crippen LogP contribution in [0.15, 0.2) is 0 Å². The van der Waals surface area contributed by atoms with Crippen LogP contribution in [0.5, 0.6) is 0 Å². The normalized spacial score (nSPS) is 30.4. The number of rotatable bonds is 1. The summed E-state index contributed by atoms with van der Waals surface area (Å²) in [4.78, 5) is 0. The second-order valence-corrected chi connectivity index (χ2v) is 4.51. The van der Waals surface area contributed by atoms with Crippen LogP contribution in [0.1, 0.15) is 6.42 Å². The van der Waals surface area contributed by atoms with Crippen LogP contribution in [0.2, 0.25) is 0 Å². The number of hydrogen-bond acceptors (Lipinski definition) is 3. The molecule has 0 aromatic heterocycles. The first-order chi connectivity index (χ1) is 3.93. The van der Waals surface area contributed by atoms with Gasteiger partial charge >= 0.3 is 0 Å². The summed E-state index contributed by atoms with van der Waals surface area (Å²) in [6.45, 7) is 0. The summed E-state index contributed by atoms with van der Waals surface area (Å²) in [6, 6.07) is 0.779.